The lowest BCUT2D eigenvalue weighted by atomic mass is 10.1. The lowest BCUT2D eigenvalue weighted by molar-refractivity contribution is -0.190. The highest BCUT2D eigenvalue weighted by atomic mass is 35.5. The molecule has 11 heteroatoms. The van der Waals surface area contributed by atoms with Crippen molar-refractivity contribution in [2.45, 2.75) is 46.0 Å². The zero-order chi connectivity index (χ0) is 22.8. The normalized spacial score (nSPS) is 13.2. The molecule has 0 radical (unpaired) electrons. The van der Waals surface area contributed by atoms with Crippen LogP contribution in [0.15, 0.2) is 24.3 Å². The van der Waals surface area contributed by atoms with E-state index in [-0.39, 0.29) is 0 Å². The van der Waals surface area contributed by atoms with Crippen molar-refractivity contribution in [3.63, 3.8) is 0 Å². The van der Waals surface area contributed by atoms with E-state index in [0.29, 0.717) is 10.7 Å². The topological polar surface area (TPSA) is 134 Å². The largest absolute Gasteiger partial charge is 0.462 e. The summed E-state index contributed by atoms with van der Waals surface area (Å²) in [6.07, 6.45) is -4.74. The number of amides is 1. The fraction of sp³-hybridized carbons (Fsp3) is 0.421. The minimum atomic E-state index is -1.72. The average molecular weight is 444 g/mol. The SMILES string of the molecule is CC(=O)OC[C@@H](OC(C)=O)[C@H](OC(C)=O)[C@H](OC(C)=O)C(=O)Nc1ccc(Cl)cc1. The van der Waals surface area contributed by atoms with Gasteiger partial charge in [-0.2, -0.15) is 0 Å². The predicted molar refractivity (Wildman–Crippen MR) is 103 cm³/mol. The number of anilines is 1. The first-order chi connectivity index (χ1) is 14.0. The fourth-order valence-corrected chi connectivity index (χ4v) is 2.45. The molecule has 1 rings (SSSR count). The molecule has 0 saturated heterocycles. The number of ether oxygens (including phenoxy) is 4. The zero-order valence-electron chi connectivity index (χ0n) is 16.8. The van der Waals surface area contributed by atoms with E-state index in [1.54, 1.807) is 0 Å². The van der Waals surface area contributed by atoms with Crippen molar-refractivity contribution < 1.29 is 42.9 Å². The summed E-state index contributed by atoms with van der Waals surface area (Å²) in [7, 11) is 0. The number of esters is 4. The highest BCUT2D eigenvalue weighted by Gasteiger charge is 2.42. The maximum atomic E-state index is 12.8. The van der Waals surface area contributed by atoms with Crippen molar-refractivity contribution in [1.29, 1.82) is 0 Å². The van der Waals surface area contributed by atoms with Crippen LogP contribution in [-0.4, -0.2) is 54.7 Å². The monoisotopic (exact) mass is 443 g/mol. The smallest absolute Gasteiger partial charge is 0.303 e. The van der Waals surface area contributed by atoms with Crippen LogP contribution in [0.25, 0.3) is 0 Å². The minimum Gasteiger partial charge on any atom is -0.462 e. The number of halogens is 1. The van der Waals surface area contributed by atoms with Gasteiger partial charge in [0.15, 0.2) is 12.2 Å². The Balaban J connectivity index is 3.25. The van der Waals surface area contributed by atoms with Gasteiger partial charge in [-0.15, -0.1) is 0 Å². The number of hydrogen-bond donors (Lipinski definition) is 1. The average Bonchev–Trinajstić information content (AvgIpc) is 2.62. The van der Waals surface area contributed by atoms with Crippen LogP contribution in [0.2, 0.25) is 5.02 Å². The molecule has 1 aromatic rings. The van der Waals surface area contributed by atoms with Gasteiger partial charge in [-0.25, -0.2) is 0 Å². The van der Waals surface area contributed by atoms with E-state index in [2.05, 4.69) is 5.32 Å². The molecule has 0 heterocycles. The first kappa shape index (κ1) is 24.9. The van der Waals surface area contributed by atoms with Crippen molar-refractivity contribution in [2.24, 2.45) is 0 Å². The number of nitrogens with one attached hydrogen (secondary N) is 1. The molecule has 0 fully saturated rings. The Bertz CT molecular complexity index is 794. The molecule has 164 valence electrons. The van der Waals surface area contributed by atoms with E-state index in [1.807, 2.05) is 0 Å². The van der Waals surface area contributed by atoms with E-state index < -0.39 is 54.7 Å². The number of carbonyl (C=O) groups excluding carboxylic acids is 5. The number of rotatable bonds is 9. The first-order valence-electron chi connectivity index (χ1n) is 8.71. The molecule has 0 aromatic heterocycles. The molecule has 1 aromatic carbocycles. The summed E-state index contributed by atoms with van der Waals surface area (Å²) < 4.78 is 20.1. The lowest BCUT2D eigenvalue weighted by Gasteiger charge is -2.30. The van der Waals surface area contributed by atoms with Crippen molar-refractivity contribution in [2.75, 3.05) is 11.9 Å². The summed E-state index contributed by atoms with van der Waals surface area (Å²) in [5, 5.41) is 2.92. The Morgan fingerprint density at radius 1 is 0.833 bits per heavy atom. The van der Waals surface area contributed by atoms with Crippen LogP contribution in [0.4, 0.5) is 5.69 Å². The number of carbonyl (C=O) groups is 5. The van der Waals surface area contributed by atoms with Crippen molar-refractivity contribution >= 4 is 47.1 Å². The number of benzene rings is 1. The molecule has 0 aliphatic carbocycles. The Hall–Kier alpha value is -3.14. The Labute approximate surface area is 177 Å². The molecule has 1 N–H and O–H groups in total. The molecule has 0 aliphatic heterocycles. The van der Waals surface area contributed by atoms with E-state index in [1.165, 1.54) is 24.3 Å². The molecular formula is C19H22ClNO9. The molecule has 0 spiro atoms. The summed E-state index contributed by atoms with van der Waals surface area (Å²) in [4.78, 5) is 58.7. The molecule has 0 aliphatic rings. The second-order valence-electron chi connectivity index (χ2n) is 6.05. The van der Waals surface area contributed by atoms with Gasteiger partial charge < -0.3 is 24.3 Å². The highest BCUT2D eigenvalue weighted by Crippen LogP contribution is 2.19. The van der Waals surface area contributed by atoms with Gasteiger partial charge in [0.2, 0.25) is 6.10 Å². The second-order valence-corrected chi connectivity index (χ2v) is 6.49. The molecule has 1 amide bonds. The highest BCUT2D eigenvalue weighted by molar-refractivity contribution is 6.30. The maximum Gasteiger partial charge on any atom is 0.303 e. The molecule has 10 nitrogen and oxygen atoms in total. The Kier molecular flexibility index (Phi) is 9.76. The van der Waals surface area contributed by atoms with E-state index in [9.17, 15) is 24.0 Å². The van der Waals surface area contributed by atoms with Crippen LogP contribution in [0.5, 0.6) is 0 Å². The van der Waals surface area contributed by atoms with Gasteiger partial charge in [0.25, 0.3) is 5.91 Å². The van der Waals surface area contributed by atoms with Gasteiger partial charge in [-0.3, -0.25) is 24.0 Å². The lowest BCUT2D eigenvalue weighted by Crippen LogP contribution is -2.52. The molecular weight excluding hydrogens is 422 g/mol. The minimum absolute atomic E-state index is 0.312. The summed E-state index contributed by atoms with van der Waals surface area (Å²) in [6.45, 7) is 3.73. The predicted octanol–water partition coefficient (Wildman–Crippen LogP) is 1.64. The van der Waals surface area contributed by atoms with Crippen LogP contribution in [-0.2, 0) is 42.9 Å². The molecule has 3 atom stereocenters. The van der Waals surface area contributed by atoms with E-state index in [4.69, 9.17) is 30.5 Å². The molecule has 30 heavy (non-hydrogen) atoms. The third kappa shape index (κ3) is 8.91. The van der Waals surface area contributed by atoms with Crippen LogP contribution < -0.4 is 5.32 Å². The molecule has 0 bridgehead atoms. The third-order valence-corrected chi connectivity index (χ3v) is 3.65. The van der Waals surface area contributed by atoms with Crippen LogP contribution in [0, 0.1) is 0 Å². The van der Waals surface area contributed by atoms with Gasteiger partial charge in [0.1, 0.15) is 6.61 Å². The summed E-state index contributed by atoms with van der Waals surface area (Å²) >= 11 is 5.81. The molecule has 0 unspecified atom stereocenters. The van der Waals surface area contributed by atoms with Crippen LogP contribution in [0.1, 0.15) is 27.7 Å². The van der Waals surface area contributed by atoms with Gasteiger partial charge in [0.05, 0.1) is 0 Å². The maximum absolute atomic E-state index is 12.8. The fourth-order valence-electron chi connectivity index (χ4n) is 2.33. The summed E-state index contributed by atoms with van der Waals surface area (Å²) in [6, 6.07) is 6.02. The van der Waals surface area contributed by atoms with E-state index in [0.717, 1.165) is 27.7 Å². The van der Waals surface area contributed by atoms with Crippen LogP contribution >= 0.6 is 11.6 Å². The zero-order valence-corrected chi connectivity index (χ0v) is 17.6. The summed E-state index contributed by atoms with van der Waals surface area (Å²) in [5.74, 6) is -4.10. The van der Waals surface area contributed by atoms with Gasteiger partial charge >= 0.3 is 23.9 Å². The first-order valence-corrected chi connectivity index (χ1v) is 9.08. The summed E-state index contributed by atoms with van der Waals surface area (Å²) in [5.41, 5.74) is 0.312. The Morgan fingerprint density at radius 3 is 1.83 bits per heavy atom. The van der Waals surface area contributed by atoms with Gasteiger partial charge in [-0.05, 0) is 24.3 Å². The molecule has 0 saturated carbocycles. The van der Waals surface area contributed by atoms with Crippen LogP contribution in [0.3, 0.4) is 0 Å². The third-order valence-electron chi connectivity index (χ3n) is 3.40. The van der Waals surface area contributed by atoms with Crippen molar-refractivity contribution in [1.82, 2.24) is 0 Å². The number of hydrogen-bond acceptors (Lipinski definition) is 9. The van der Waals surface area contributed by atoms with Gasteiger partial charge in [-0.1, -0.05) is 11.6 Å². The second kappa shape index (κ2) is 11.8. The quantitative estimate of drug-likeness (QED) is 0.446. The van der Waals surface area contributed by atoms with Crippen molar-refractivity contribution in [3.8, 4) is 0 Å². The van der Waals surface area contributed by atoms with Gasteiger partial charge in [0, 0.05) is 38.4 Å². The Morgan fingerprint density at radius 2 is 1.37 bits per heavy atom. The standard InChI is InChI=1S/C19H22ClNO9/c1-10(22)27-9-16(28-11(2)23)17(29-12(3)24)18(30-13(4)25)19(26)21-15-7-5-14(20)6-8-15/h5-8,16-18H,9H2,1-4H3,(H,21,26)/t16-,17+,18+/m1/s1. The van der Waals surface area contributed by atoms with Crippen molar-refractivity contribution in [3.05, 3.63) is 29.3 Å². The van der Waals surface area contributed by atoms with E-state index >= 15 is 0 Å².